The highest BCUT2D eigenvalue weighted by Gasteiger charge is 2.20. The van der Waals surface area contributed by atoms with Crippen molar-refractivity contribution in [3.05, 3.63) is 54.1 Å². The van der Waals surface area contributed by atoms with Gasteiger partial charge in [-0.25, -0.2) is 14.4 Å². The van der Waals surface area contributed by atoms with E-state index in [1.807, 2.05) is 18.2 Å². The first-order valence-electron chi connectivity index (χ1n) is 7.31. The second-order valence-electron chi connectivity index (χ2n) is 5.34. The van der Waals surface area contributed by atoms with Crippen LogP contribution in [0.3, 0.4) is 0 Å². The maximum atomic E-state index is 12.9. The van der Waals surface area contributed by atoms with E-state index >= 15 is 0 Å². The predicted octanol–water partition coefficient (Wildman–Crippen LogP) is 2.37. The molecule has 1 N–H and O–H groups in total. The van der Waals surface area contributed by atoms with Gasteiger partial charge in [-0.3, -0.25) is 0 Å². The first-order valence-corrected chi connectivity index (χ1v) is 7.31. The Morgan fingerprint density at radius 1 is 1.19 bits per heavy atom. The minimum atomic E-state index is -0.191. The van der Waals surface area contributed by atoms with Gasteiger partial charge in [-0.05, 0) is 36.6 Å². The zero-order valence-corrected chi connectivity index (χ0v) is 11.9. The molecule has 1 aromatic carbocycles. The molecule has 5 heteroatoms. The van der Waals surface area contributed by atoms with Gasteiger partial charge in [-0.15, -0.1) is 0 Å². The second kappa shape index (κ2) is 6.63. The molecule has 1 aliphatic rings. The average molecular weight is 286 g/mol. The highest BCUT2D eigenvalue weighted by molar-refractivity contribution is 5.29. The molecule has 1 aliphatic heterocycles. The van der Waals surface area contributed by atoms with E-state index in [0.29, 0.717) is 6.04 Å². The van der Waals surface area contributed by atoms with Gasteiger partial charge in [-0.1, -0.05) is 12.1 Å². The van der Waals surface area contributed by atoms with Crippen LogP contribution in [0.25, 0.3) is 0 Å². The van der Waals surface area contributed by atoms with E-state index in [0.717, 1.165) is 44.0 Å². The van der Waals surface area contributed by atoms with Crippen LogP contribution in [-0.2, 0) is 6.54 Å². The van der Waals surface area contributed by atoms with Gasteiger partial charge in [-0.2, -0.15) is 0 Å². The lowest BCUT2D eigenvalue weighted by atomic mass is 10.1. The van der Waals surface area contributed by atoms with Crippen molar-refractivity contribution < 1.29 is 4.39 Å². The summed E-state index contributed by atoms with van der Waals surface area (Å²) in [4.78, 5) is 10.8. The Morgan fingerprint density at radius 3 is 2.71 bits per heavy atom. The number of halogens is 1. The van der Waals surface area contributed by atoms with Crippen LogP contribution < -0.4 is 10.2 Å². The molecule has 1 saturated heterocycles. The maximum absolute atomic E-state index is 12.9. The number of nitrogens with zero attached hydrogens (tertiary/aromatic N) is 3. The molecule has 1 unspecified atom stereocenters. The molecule has 0 spiro atoms. The largest absolute Gasteiger partial charge is 0.339 e. The minimum Gasteiger partial charge on any atom is -0.339 e. The summed E-state index contributed by atoms with van der Waals surface area (Å²) in [5.74, 6) is 0.606. The number of benzene rings is 1. The lowest BCUT2D eigenvalue weighted by Crippen LogP contribution is -2.46. The van der Waals surface area contributed by atoms with E-state index in [4.69, 9.17) is 0 Å². The van der Waals surface area contributed by atoms with E-state index in [1.54, 1.807) is 12.4 Å². The monoisotopic (exact) mass is 286 g/mol. The van der Waals surface area contributed by atoms with Gasteiger partial charge in [0.15, 0.2) is 0 Å². The zero-order valence-electron chi connectivity index (χ0n) is 11.9. The minimum absolute atomic E-state index is 0.191. The van der Waals surface area contributed by atoms with Crippen molar-refractivity contribution >= 4 is 5.95 Å². The first-order chi connectivity index (χ1) is 10.3. The van der Waals surface area contributed by atoms with Gasteiger partial charge >= 0.3 is 0 Å². The lowest BCUT2D eigenvalue weighted by Gasteiger charge is -2.33. The number of piperidine rings is 1. The third-order valence-electron chi connectivity index (χ3n) is 3.76. The number of nitrogens with one attached hydrogen (secondary N) is 1. The summed E-state index contributed by atoms with van der Waals surface area (Å²) in [6.07, 6.45) is 5.82. The highest BCUT2D eigenvalue weighted by Crippen LogP contribution is 2.15. The molecule has 1 fully saturated rings. The molecule has 0 aliphatic carbocycles. The molecule has 0 bridgehead atoms. The van der Waals surface area contributed by atoms with Crippen molar-refractivity contribution in [2.45, 2.75) is 25.4 Å². The van der Waals surface area contributed by atoms with Gasteiger partial charge in [0.05, 0.1) is 0 Å². The van der Waals surface area contributed by atoms with Crippen molar-refractivity contribution in [1.29, 1.82) is 0 Å². The number of aromatic nitrogens is 2. The molecule has 21 heavy (non-hydrogen) atoms. The zero-order chi connectivity index (χ0) is 14.5. The standard InChI is InChI=1S/C16H19FN4/c17-14-6-4-13(5-7-14)11-20-15-3-1-10-21(12-15)16-18-8-2-9-19-16/h2,4-9,15,20H,1,3,10-12H2. The first kappa shape index (κ1) is 13.9. The predicted molar refractivity (Wildman–Crippen MR) is 80.5 cm³/mol. The molecule has 1 atom stereocenters. The third-order valence-corrected chi connectivity index (χ3v) is 3.76. The Morgan fingerprint density at radius 2 is 1.95 bits per heavy atom. The second-order valence-corrected chi connectivity index (χ2v) is 5.34. The molecule has 1 aromatic heterocycles. The van der Waals surface area contributed by atoms with Crippen LogP contribution in [0, 0.1) is 5.82 Å². The van der Waals surface area contributed by atoms with Gasteiger partial charge in [0.25, 0.3) is 0 Å². The Kier molecular flexibility index (Phi) is 4.40. The molecular weight excluding hydrogens is 267 g/mol. The van der Waals surface area contributed by atoms with Crippen LogP contribution in [-0.4, -0.2) is 29.1 Å². The number of anilines is 1. The summed E-state index contributed by atoms with van der Waals surface area (Å²) >= 11 is 0. The van der Waals surface area contributed by atoms with Crippen molar-refractivity contribution in [2.24, 2.45) is 0 Å². The van der Waals surface area contributed by atoms with Crippen LogP contribution in [0.2, 0.25) is 0 Å². The number of hydrogen-bond donors (Lipinski definition) is 1. The fraction of sp³-hybridized carbons (Fsp3) is 0.375. The smallest absolute Gasteiger partial charge is 0.225 e. The topological polar surface area (TPSA) is 41.0 Å². The number of rotatable bonds is 4. The van der Waals surface area contributed by atoms with E-state index in [9.17, 15) is 4.39 Å². The van der Waals surface area contributed by atoms with Gasteiger partial charge in [0.1, 0.15) is 5.82 Å². The van der Waals surface area contributed by atoms with Crippen molar-refractivity contribution in [3.8, 4) is 0 Å². The molecule has 3 rings (SSSR count). The molecule has 2 heterocycles. The molecule has 2 aromatic rings. The average Bonchev–Trinajstić information content (AvgIpc) is 2.55. The normalized spacial score (nSPS) is 18.7. The SMILES string of the molecule is Fc1ccc(CNC2CCCN(c3ncccn3)C2)cc1. The molecule has 4 nitrogen and oxygen atoms in total. The summed E-state index contributed by atoms with van der Waals surface area (Å²) in [6, 6.07) is 8.89. The van der Waals surface area contributed by atoms with Crippen LogP contribution in [0.1, 0.15) is 18.4 Å². The van der Waals surface area contributed by atoms with Crippen molar-refractivity contribution in [2.75, 3.05) is 18.0 Å². The van der Waals surface area contributed by atoms with Crippen molar-refractivity contribution in [3.63, 3.8) is 0 Å². The Hall–Kier alpha value is -2.01. The van der Waals surface area contributed by atoms with E-state index in [1.165, 1.54) is 12.1 Å². The lowest BCUT2D eigenvalue weighted by molar-refractivity contribution is 0.418. The molecule has 0 radical (unpaired) electrons. The molecular formula is C16H19FN4. The van der Waals surface area contributed by atoms with Crippen LogP contribution >= 0.6 is 0 Å². The molecule has 110 valence electrons. The Labute approximate surface area is 124 Å². The van der Waals surface area contributed by atoms with Crippen LogP contribution in [0.4, 0.5) is 10.3 Å². The van der Waals surface area contributed by atoms with E-state index < -0.39 is 0 Å². The van der Waals surface area contributed by atoms with Crippen LogP contribution in [0.15, 0.2) is 42.7 Å². The van der Waals surface area contributed by atoms with Crippen LogP contribution in [0.5, 0.6) is 0 Å². The Balaban J connectivity index is 1.55. The molecule has 0 amide bonds. The maximum Gasteiger partial charge on any atom is 0.225 e. The highest BCUT2D eigenvalue weighted by atomic mass is 19.1. The van der Waals surface area contributed by atoms with E-state index in [2.05, 4.69) is 20.2 Å². The number of hydrogen-bond acceptors (Lipinski definition) is 4. The summed E-state index contributed by atoms with van der Waals surface area (Å²) in [7, 11) is 0. The summed E-state index contributed by atoms with van der Waals surface area (Å²) < 4.78 is 12.9. The van der Waals surface area contributed by atoms with Gasteiger partial charge < -0.3 is 10.2 Å². The summed E-state index contributed by atoms with van der Waals surface area (Å²) in [5.41, 5.74) is 1.10. The quantitative estimate of drug-likeness (QED) is 0.937. The Bertz CT molecular complexity index is 558. The third kappa shape index (κ3) is 3.76. The summed E-state index contributed by atoms with van der Waals surface area (Å²) in [6.45, 7) is 2.67. The summed E-state index contributed by atoms with van der Waals surface area (Å²) in [5, 5.41) is 3.54. The van der Waals surface area contributed by atoms with Gasteiger partial charge in [0, 0.05) is 38.1 Å². The van der Waals surface area contributed by atoms with Gasteiger partial charge in [0.2, 0.25) is 5.95 Å². The fourth-order valence-corrected chi connectivity index (χ4v) is 2.64. The fourth-order valence-electron chi connectivity index (χ4n) is 2.64. The van der Waals surface area contributed by atoms with E-state index in [-0.39, 0.29) is 5.82 Å². The molecule has 0 saturated carbocycles. The van der Waals surface area contributed by atoms with Crippen molar-refractivity contribution in [1.82, 2.24) is 15.3 Å².